The van der Waals surface area contributed by atoms with E-state index >= 15 is 0 Å². The molecule has 0 unspecified atom stereocenters. The number of hydrogen-bond acceptors (Lipinski definition) is 2. The average molecular weight is 319 g/mol. The number of ether oxygens (including phenoxy) is 1. The van der Waals surface area contributed by atoms with Crippen molar-refractivity contribution in [2.75, 3.05) is 0 Å². The molecule has 2 nitrogen and oxygen atoms in total. The number of rotatable bonds is 3. The Morgan fingerprint density at radius 3 is 2.04 bits per heavy atom. The summed E-state index contributed by atoms with van der Waals surface area (Å²) >= 11 is 0. The summed E-state index contributed by atoms with van der Waals surface area (Å²) in [5.41, 5.74) is 3.17. The predicted octanol–water partition coefficient (Wildman–Crippen LogP) is 5.65. The van der Waals surface area contributed by atoms with E-state index < -0.39 is 0 Å². The zero-order valence-electron chi connectivity index (χ0n) is 14.4. The number of aryl methyl sites for hydroxylation is 1. The van der Waals surface area contributed by atoms with Gasteiger partial charge in [-0.05, 0) is 91.9 Å². The lowest BCUT2D eigenvalue weighted by molar-refractivity contribution is -0.00519. The minimum absolute atomic E-state index is 0.468. The van der Waals surface area contributed by atoms with Gasteiger partial charge in [-0.25, -0.2) is 4.98 Å². The molecule has 2 aromatic rings. The van der Waals surface area contributed by atoms with E-state index in [-0.39, 0.29) is 0 Å². The van der Waals surface area contributed by atoms with E-state index in [9.17, 15) is 0 Å². The van der Waals surface area contributed by atoms with Crippen molar-refractivity contribution >= 4 is 0 Å². The van der Waals surface area contributed by atoms with E-state index in [2.05, 4.69) is 29.2 Å². The van der Waals surface area contributed by atoms with Crippen LogP contribution in [-0.2, 0) is 5.41 Å². The van der Waals surface area contributed by atoms with E-state index in [1.807, 2.05) is 25.3 Å². The topological polar surface area (TPSA) is 22.1 Å². The third kappa shape index (κ3) is 2.44. The third-order valence-corrected chi connectivity index (χ3v) is 6.61. The second-order valence-electron chi connectivity index (χ2n) is 8.50. The molecule has 4 saturated carbocycles. The van der Waals surface area contributed by atoms with Gasteiger partial charge in [0.25, 0.3) is 0 Å². The van der Waals surface area contributed by atoms with E-state index in [0.717, 1.165) is 29.1 Å². The molecule has 24 heavy (non-hydrogen) atoms. The monoisotopic (exact) mass is 319 g/mol. The summed E-state index contributed by atoms with van der Waals surface area (Å²) in [5, 5.41) is 0. The zero-order valence-corrected chi connectivity index (χ0v) is 14.4. The van der Waals surface area contributed by atoms with Gasteiger partial charge in [-0.1, -0.05) is 18.2 Å². The largest absolute Gasteiger partial charge is 0.439 e. The summed E-state index contributed by atoms with van der Waals surface area (Å²) in [4.78, 5) is 4.33. The normalized spacial score (nSPS) is 33.6. The van der Waals surface area contributed by atoms with Crippen molar-refractivity contribution in [3.63, 3.8) is 0 Å². The molecule has 0 atom stereocenters. The lowest BCUT2D eigenvalue weighted by Crippen LogP contribution is -2.48. The highest BCUT2D eigenvalue weighted by Gasteiger charge is 2.51. The molecule has 0 saturated heterocycles. The van der Waals surface area contributed by atoms with E-state index in [1.54, 1.807) is 5.56 Å². The van der Waals surface area contributed by atoms with Gasteiger partial charge in [0.2, 0.25) is 5.88 Å². The second-order valence-corrected chi connectivity index (χ2v) is 8.50. The molecule has 0 N–H and O–H groups in total. The Hall–Kier alpha value is -1.83. The first-order valence-electron chi connectivity index (χ1n) is 9.40. The Labute approximate surface area is 144 Å². The first-order chi connectivity index (χ1) is 11.7. The van der Waals surface area contributed by atoms with Gasteiger partial charge in [0.1, 0.15) is 5.75 Å². The number of hydrogen-bond donors (Lipinski definition) is 0. The fourth-order valence-corrected chi connectivity index (χ4v) is 5.98. The van der Waals surface area contributed by atoms with Gasteiger partial charge in [-0.3, -0.25) is 0 Å². The molecule has 4 aliphatic carbocycles. The Kier molecular flexibility index (Phi) is 3.23. The molecule has 4 aliphatic rings. The molecule has 0 aliphatic heterocycles. The van der Waals surface area contributed by atoms with Crippen LogP contribution in [0, 0.1) is 24.7 Å². The summed E-state index contributed by atoms with van der Waals surface area (Å²) in [7, 11) is 0. The highest BCUT2D eigenvalue weighted by molar-refractivity contribution is 5.36. The minimum atomic E-state index is 0.468. The van der Waals surface area contributed by atoms with Crippen LogP contribution in [0.4, 0.5) is 0 Å². The molecular weight excluding hydrogens is 294 g/mol. The number of aromatic nitrogens is 1. The van der Waals surface area contributed by atoms with Gasteiger partial charge in [-0.2, -0.15) is 0 Å². The number of pyridine rings is 1. The van der Waals surface area contributed by atoms with Crippen LogP contribution in [0.1, 0.15) is 49.7 Å². The predicted molar refractivity (Wildman–Crippen MR) is 95.3 cm³/mol. The van der Waals surface area contributed by atoms with Crippen molar-refractivity contribution in [3.8, 4) is 11.6 Å². The molecule has 1 aromatic heterocycles. The molecular formula is C22H25NO. The lowest BCUT2D eigenvalue weighted by atomic mass is 9.48. The molecule has 0 radical (unpaired) electrons. The van der Waals surface area contributed by atoms with Gasteiger partial charge in [0.15, 0.2) is 0 Å². The number of nitrogens with zero attached hydrogens (tertiary/aromatic N) is 1. The van der Waals surface area contributed by atoms with Gasteiger partial charge < -0.3 is 4.74 Å². The maximum Gasteiger partial charge on any atom is 0.219 e. The van der Waals surface area contributed by atoms with Crippen LogP contribution in [0.25, 0.3) is 0 Å². The first kappa shape index (κ1) is 14.5. The minimum Gasteiger partial charge on any atom is -0.439 e. The Morgan fingerprint density at radius 2 is 1.50 bits per heavy atom. The van der Waals surface area contributed by atoms with E-state index in [1.165, 1.54) is 38.5 Å². The van der Waals surface area contributed by atoms with Crippen LogP contribution in [0.15, 0.2) is 42.6 Å². The average Bonchev–Trinajstić information content (AvgIpc) is 2.56. The van der Waals surface area contributed by atoms with Crippen LogP contribution < -0.4 is 4.74 Å². The van der Waals surface area contributed by atoms with Crippen molar-refractivity contribution in [1.29, 1.82) is 0 Å². The van der Waals surface area contributed by atoms with Crippen LogP contribution in [0.5, 0.6) is 11.6 Å². The quantitative estimate of drug-likeness (QED) is 0.729. The first-order valence-corrected chi connectivity index (χ1v) is 9.40. The molecule has 0 spiro atoms. The van der Waals surface area contributed by atoms with Crippen LogP contribution in [0.2, 0.25) is 0 Å². The van der Waals surface area contributed by atoms with Crippen LogP contribution in [-0.4, -0.2) is 4.98 Å². The second kappa shape index (κ2) is 5.34. The summed E-state index contributed by atoms with van der Waals surface area (Å²) in [6.45, 7) is 2.04. The summed E-state index contributed by atoms with van der Waals surface area (Å²) < 4.78 is 5.90. The molecule has 4 fully saturated rings. The fraction of sp³-hybridized carbons (Fsp3) is 0.500. The molecule has 124 valence electrons. The van der Waals surface area contributed by atoms with Crippen molar-refractivity contribution < 1.29 is 4.74 Å². The Balaban J connectivity index is 1.37. The SMILES string of the molecule is Cc1ccc(Oc2ccc(C34CC5CC(CC(C5)C3)C4)cc2)nc1. The lowest BCUT2D eigenvalue weighted by Gasteiger charge is -2.57. The van der Waals surface area contributed by atoms with Gasteiger partial charge in [0, 0.05) is 12.3 Å². The van der Waals surface area contributed by atoms with Crippen LogP contribution >= 0.6 is 0 Å². The maximum atomic E-state index is 5.90. The maximum absolute atomic E-state index is 5.90. The van der Waals surface area contributed by atoms with Gasteiger partial charge in [0.05, 0.1) is 0 Å². The standard InChI is InChI=1S/C22H25NO/c1-15-2-7-21(23-14-15)24-20-5-3-19(4-6-20)22-11-16-8-17(12-22)10-18(9-16)13-22/h2-7,14,16-18H,8-13H2,1H3. The third-order valence-electron chi connectivity index (χ3n) is 6.61. The molecule has 1 aromatic carbocycles. The van der Waals surface area contributed by atoms with Gasteiger partial charge in [-0.15, -0.1) is 0 Å². The summed E-state index contributed by atoms with van der Waals surface area (Å²) in [6, 6.07) is 12.9. The van der Waals surface area contributed by atoms with Crippen molar-refractivity contribution in [2.45, 2.75) is 50.9 Å². The van der Waals surface area contributed by atoms with E-state index in [0.29, 0.717) is 11.3 Å². The molecule has 0 amide bonds. The van der Waals surface area contributed by atoms with Crippen LogP contribution in [0.3, 0.4) is 0 Å². The summed E-state index contributed by atoms with van der Waals surface area (Å²) in [6.07, 6.45) is 10.6. The highest BCUT2D eigenvalue weighted by atomic mass is 16.5. The smallest absolute Gasteiger partial charge is 0.219 e. The molecule has 2 heteroatoms. The fourth-order valence-electron chi connectivity index (χ4n) is 5.98. The van der Waals surface area contributed by atoms with Gasteiger partial charge >= 0.3 is 0 Å². The summed E-state index contributed by atoms with van der Waals surface area (Å²) in [5.74, 6) is 4.53. The van der Waals surface area contributed by atoms with Crippen molar-refractivity contribution in [2.24, 2.45) is 17.8 Å². The van der Waals surface area contributed by atoms with E-state index in [4.69, 9.17) is 4.74 Å². The molecule has 6 rings (SSSR count). The zero-order chi connectivity index (χ0) is 16.1. The van der Waals surface area contributed by atoms with Crippen molar-refractivity contribution in [1.82, 2.24) is 4.98 Å². The molecule has 4 bridgehead atoms. The van der Waals surface area contributed by atoms with Crippen molar-refractivity contribution in [3.05, 3.63) is 53.7 Å². The Bertz CT molecular complexity index is 696. The Morgan fingerprint density at radius 1 is 0.875 bits per heavy atom. The number of benzene rings is 1. The molecule has 1 heterocycles. The highest BCUT2D eigenvalue weighted by Crippen LogP contribution is 2.60.